The average molecular weight is 401 g/mol. The molecule has 152 valence electrons. The zero-order valence-corrected chi connectivity index (χ0v) is 17.4. The molecule has 1 N–H and O–H groups in total. The summed E-state index contributed by atoms with van der Waals surface area (Å²) >= 11 is 0. The molecule has 0 saturated carbocycles. The highest BCUT2D eigenvalue weighted by Crippen LogP contribution is 2.22. The molecule has 0 radical (unpaired) electrons. The highest BCUT2D eigenvalue weighted by atomic mass is 16.2. The van der Waals surface area contributed by atoms with Crippen LogP contribution in [0.25, 0.3) is 16.5 Å². The minimum atomic E-state index is -0.336. The second-order valence-corrected chi connectivity index (χ2v) is 7.40. The van der Waals surface area contributed by atoms with Gasteiger partial charge in [0, 0.05) is 23.7 Å². The van der Waals surface area contributed by atoms with Gasteiger partial charge in [0.25, 0.3) is 11.5 Å². The van der Waals surface area contributed by atoms with Crippen LogP contribution in [0.15, 0.2) is 59.5 Å². The van der Waals surface area contributed by atoms with Gasteiger partial charge in [-0.3, -0.25) is 9.59 Å². The van der Waals surface area contributed by atoms with Crippen LogP contribution in [0, 0.1) is 13.8 Å². The molecule has 4 rings (SSSR count). The molecule has 0 bridgehead atoms. The van der Waals surface area contributed by atoms with Crippen LogP contribution >= 0.6 is 0 Å². The number of aryl methyl sites for hydroxylation is 2. The van der Waals surface area contributed by atoms with Gasteiger partial charge >= 0.3 is 0 Å². The average Bonchev–Trinajstić information content (AvgIpc) is 3.12. The molecule has 2 heterocycles. The van der Waals surface area contributed by atoms with Crippen molar-refractivity contribution in [3.8, 4) is 5.69 Å². The van der Waals surface area contributed by atoms with E-state index in [1.807, 2.05) is 49.7 Å². The summed E-state index contributed by atoms with van der Waals surface area (Å²) in [4.78, 5) is 25.3. The lowest BCUT2D eigenvalue weighted by Gasteiger charge is -2.15. The fourth-order valence-electron chi connectivity index (χ4n) is 3.70. The van der Waals surface area contributed by atoms with E-state index in [1.54, 1.807) is 37.5 Å². The smallest absolute Gasteiger partial charge is 0.274 e. The third-order valence-electron chi connectivity index (χ3n) is 5.38. The minimum absolute atomic E-state index is 0.225. The van der Waals surface area contributed by atoms with Crippen molar-refractivity contribution < 1.29 is 4.79 Å². The summed E-state index contributed by atoms with van der Waals surface area (Å²) in [6.45, 7) is 5.93. The van der Waals surface area contributed by atoms with E-state index in [0.29, 0.717) is 10.8 Å². The van der Waals surface area contributed by atoms with Gasteiger partial charge in [0.1, 0.15) is 0 Å². The number of aromatic nitrogens is 4. The summed E-state index contributed by atoms with van der Waals surface area (Å²) in [6.07, 6.45) is 1.78. The van der Waals surface area contributed by atoms with Crippen molar-refractivity contribution in [2.24, 2.45) is 7.05 Å². The van der Waals surface area contributed by atoms with Crippen LogP contribution in [0.1, 0.15) is 40.3 Å². The Kier molecular flexibility index (Phi) is 4.95. The minimum Gasteiger partial charge on any atom is -0.344 e. The van der Waals surface area contributed by atoms with E-state index in [9.17, 15) is 9.59 Å². The van der Waals surface area contributed by atoms with Gasteiger partial charge in [-0.2, -0.15) is 10.2 Å². The van der Waals surface area contributed by atoms with Crippen LogP contribution in [0.2, 0.25) is 0 Å². The number of carbonyl (C=O) groups excluding carboxylic acids is 1. The maximum atomic E-state index is 13.0. The molecule has 2 aromatic heterocycles. The lowest BCUT2D eigenvalue weighted by atomic mass is 10.1. The monoisotopic (exact) mass is 401 g/mol. The molecule has 1 atom stereocenters. The Morgan fingerprint density at radius 2 is 1.70 bits per heavy atom. The summed E-state index contributed by atoms with van der Waals surface area (Å²) in [5.41, 5.74) is 3.99. The number of nitrogens with zero attached hydrogens (tertiary/aromatic N) is 4. The second-order valence-electron chi connectivity index (χ2n) is 7.40. The van der Waals surface area contributed by atoms with Crippen LogP contribution in [-0.2, 0) is 7.05 Å². The van der Waals surface area contributed by atoms with Crippen LogP contribution in [0.5, 0.6) is 0 Å². The lowest BCUT2D eigenvalue weighted by Crippen LogP contribution is -2.31. The molecular weight excluding hydrogens is 378 g/mol. The normalized spacial score (nSPS) is 12.1. The van der Waals surface area contributed by atoms with Gasteiger partial charge < -0.3 is 5.32 Å². The van der Waals surface area contributed by atoms with E-state index in [4.69, 9.17) is 0 Å². The number of amides is 1. The third kappa shape index (κ3) is 3.28. The zero-order valence-electron chi connectivity index (χ0n) is 17.4. The van der Waals surface area contributed by atoms with Crippen molar-refractivity contribution in [3.05, 3.63) is 87.6 Å². The Balaban J connectivity index is 1.66. The first-order chi connectivity index (χ1) is 14.4. The van der Waals surface area contributed by atoms with E-state index >= 15 is 0 Å². The first-order valence-electron chi connectivity index (χ1n) is 9.76. The number of para-hydroxylation sites is 1. The van der Waals surface area contributed by atoms with Gasteiger partial charge in [-0.05, 0) is 38.5 Å². The lowest BCUT2D eigenvalue weighted by molar-refractivity contribution is 0.0934. The molecule has 0 aliphatic carbocycles. The molecule has 1 amide bonds. The van der Waals surface area contributed by atoms with Crippen molar-refractivity contribution in [2.45, 2.75) is 26.8 Å². The van der Waals surface area contributed by atoms with Gasteiger partial charge in [-0.25, -0.2) is 9.36 Å². The second kappa shape index (κ2) is 7.59. The number of benzene rings is 2. The van der Waals surface area contributed by atoms with Crippen LogP contribution in [0.3, 0.4) is 0 Å². The Morgan fingerprint density at radius 3 is 2.43 bits per heavy atom. The van der Waals surface area contributed by atoms with E-state index in [1.165, 1.54) is 4.68 Å². The Labute approximate surface area is 174 Å². The molecule has 0 saturated heterocycles. The molecule has 0 aliphatic heterocycles. The molecule has 30 heavy (non-hydrogen) atoms. The predicted octanol–water partition coefficient (Wildman–Crippen LogP) is 3.23. The van der Waals surface area contributed by atoms with E-state index in [2.05, 4.69) is 15.5 Å². The Hall–Kier alpha value is -3.74. The quantitative estimate of drug-likeness (QED) is 0.569. The first-order valence-corrected chi connectivity index (χ1v) is 9.76. The molecule has 0 fully saturated rings. The number of hydrogen-bond donors (Lipinski definition) is 1. The van der Waals surface area contributed by atoms with Crippen molar-refractivity contribution >= 4 is 16.7 Å². The molecule has 7 nitrogen and oxygen atoms in total. The summed E-state index contributed by atoms with van der Waals surface area (Å²) in [5, 5.41) is 12.7. The SMILES string of the molecule is Cc1ccccc1-n1ncc(C(C)NC(=O)c2nn(C)c(=O)c3ccccc23)c1C. The highest BCUT2D eigenvalue weighted by molar-refractivity contribution is 6.04. The number of nitrogens with one attached hydrogen (secondary N) is 1. The molecule has 2 aromatic carbocycles. The van der Waals surface area contributed by atoms with Crippen molar-refractivity contribution in [3.63, 3.8) is 0 Å². The summed E-state index contributed by atoms with van der Waals surface area (Å²) in [6, 6.07) is 14.8. The van der Waals surface area contributed by atoms with Gasteiger partial charge in [-0.1, -0.05) is 36.4 Å². The van der Waals surface area contributed by atoms with Crippen LogP contribution in [0.4, 0.5) is 0 Å². The Bertz CT molecular complexity index is 1320. The molecule has 0 aliphatic rings. The number of hydrogen-bond acceptors (Lipinski definition) is 4. The summed E-state index contributed by atoms with van der Waals surface area (Å²) < 4.78 is 3.08. The van der Waals surface area contributed by atoms with Crippen molar-refractivity contribution in [2.75, 3.05) is 0 Å². The van der Waals surface area contributed by atoms with E-state index < -0.39 is 0 Å². The zero-order chi connectivity index (χ0) is 21.4. The maximum Gasteiger partial charge on any atom is 0.274 e. The van der Waals surface area contributed by atoms with Gasteiger partial charge in [-0.15, -0.1) is 0 Å². The van der Waals surface area contributed by atoms with Crippen LogP contribution in [-0.4, -0.2) is 25.5 Å². The number of carbonyl (C=O) groups is 1. The fraction of sp³-hybridized carbons (Fsp3) is 0.217. The molecular formula is C23H23N5O2. The molecule has 0 spiro atoms. The van der Waals surface area contributed by atoms with E-state index in [0.717, 1.165) is 22.5 Å². The number of rotatable bonds is 4. The number of fused-ring (bicyclic) bond motifs is 1. The van der Waals surface area contributed by atoms with Gasteiger partial charge in [0.15, 0.2) is 5.69 Å². The maximum absolute atomic E-state index is 13.0. The largest absolute Gasteiger partial charge is 0.344 e. The van der Waals surface area contributed by atoms with Crippen molar-refractivity contribution in [1.29, 1.82) is 0 Å². The standard InChI is InChI=1S/C23H23N5O2/c1-14-9-5-8-12-20(14)28-16(3)19(13-24-28)15(2)25-22(29)21-17-10-6-7-11-18(17)23(30)27(4)26-21/h5-13,15H,1-4H3,(H,25,29). The van der Waals surface area contributed by atoms with E-state index in [-0.39, 0.29) is 23.2 Å². The predicted molar refractivity (Wildman–Crippen MR) is 116 cm³/mol. The first kappa shape index (κ1) is 19.6. The molecule has 4 aromatic rings. The highest BCUT2D eigenvalue weighted by Gasteiger charge is 2.21. The molecule has 1 unspecified atom stereocenters. The molecule has 7 heteroatoms. The van der Waals surface area contributed by atoms with Gasteiger partial charge in [0.2, 0.25) is 0 Å². The van der Waals surface area contributed by atoms with Crippen molar-refractivity contribution in [1.82, 2.24) is 24.9 Å². The topological polar surface area (TPSA) is 81.8 Å². The summed E-state index contributed by atoms with van der Waals surface area (Å²) in [7, 11) is 1.55. The fourth-order valence-corrected chi connectivity index (χ4v) is 3.70. The Morgan fingerprint density at radius 1 is 1.03 bits per heavy atom. The van der Waals surface area contributed by atoms with Gasteiger partial charge in [0.05, 0.1) is 23.3 Å². The summed E-state index contributed by atoms with van der Waals surface area (Å²) in [5.74, 6) is -0.336. The third-order valence-corrected chi connectivity index (χ3v) is 5.38. The van der Waals surface area contributed by atoms with Crippen LogP contribution < -0.4 is 10.9 Å².